The van der Waals surface area contributed by atoms with E-state index < -0.39 is 6.03 Å². The van der Waals surface area contributed by atoms with Gasteiger partial charge in [0.15, 0.2) is 5.82 Å². The van der Waals surface area contributed by atoms with Crippen molar-refractivity contribution < 1.29 is 9.18 Å². The molecule has 25 heavy (non-hydrogen) atoms. The normalized spacial score (nSPS) is 10.5. The van der Waals surface area contributed by atoms with Crippen molar-refractivity contribution in [3.8, 4) is 0 Å². The molecule has 0 unspecified atom stereocenters. The largest absolute Gasteiger partial charge is 0.324 e. The number of nitrogens with zero attached hydrogens (tertiary/aromatic N) is 2. The highest BCUT2D eigenvalue weighted by molar-refractivity contribution is 9.10. The fourth-order valence-corrected chi connectivity index (χ4v) is 2.68. The summed E-state index contributed by atoms with van der Waals surface area (Å²) < 4.78 is 15.2. The Morgan fingerprint density at radius 3 is 2.48 bits per heavy atom. The molecule has 5 nitrogen and oxygen atoms in total. The van der Waals surface area contributed by atoms with Crippen molar-refractivity contribution in [3.05, 3.63) is 75.6 Å². The highest BCUT2D eigenvalue weighted by Crippen LogP contribution is 2.21. The lowest BCUT2D eigenvalue weighted by atomic mass is 10.2. The quantitative estimate of drug-likeness (QED) is 0.611. The zero-order chi connectivity index (χ0) is 17.8. The maximum absolute atomic E-state index is 12.9. The highest BCUT2D eigenvalue weighted by Gasteiger charge is 2.11. The van der Waals surface area contributed by atoms with Crippen LogP contribution in [0.25, 0.3) is 0 Å². The summed E-state index contributed by atoms with van der Waals surface area (Å²) in [6, 6.07) is 12.5. The third kappa shape index (κ3) is 4.80. The fourth-order valence-electron chi connectivity index (χ4n) is 2.14. The molecule has 0 fully saturated rings. The van der Waals surface area contributed by atoms with Gasteiger partial charge >= 0.3 is 6.03 Å². The summed E-state index contributed by atoms with van der Waals surface area (Å²) in [6.45, 7) is 0.458. The van der Waals surface area contributed by atoms with Crippen LogP contribution in [0, 0.1) is 5.82 Å². The van der Waals surface area contributed by atoms with Gasteiger partial charge in [0.05, 0.1) is 11.0 Å². The van der Waals surface area contributed by atoms with E-state index in [1.54, 1.807) is 47.3 Å². The van der Waals surface area contributed by atoms with Gasteiger partial charge in [-0.2, -0.15) is 5.10 Å². The number of hydrogen-bond donors (Lipinski definition) is 2. The molecular weight excluding hydrogens is 411 g/mol. The van der Waals surface area contributed by atoms with Crippen molar-refractivity contribution in [2.75, 3.05) is 10.6 Å². The van der Waals surface area contributed by atoms with E-state index in [-0.39, 0.29) is 5.82 Å². The Labute approximate surface area is 156 Å². The Morgan fingerprint density at radius 2 is 1.80 bits per heavy atom. The monoisotopic (exact) mass is 422 g/mol. The van der Waals surface area contributed by atoms with Gasteiger partial charge in [0.1, 0.15) is 5.82 Å². The molecule has 0 atom stereocenters. The summed E-state index contributed by atoms with van der Waals surface area (Å²) in [5.41, 5.74) is 1.51. The lowest BCUT2D eigenvalue weighted by Gasteiger charge is -2.06. The van der Waals surface area contributed by atoms with Crippen LogP contribution in [0.2, 0.25) is 5.02 Å². The first-order chi connectivity index (χ1) is 12.0. The zero-order valence-electron chi connectivity index (χ0n) is 12.8. The topological polar surface area (TPSA) is 59.0 Å². The number of carbonyl (C=O) groups is 1. The average Bonchev–Trinajstić information content (AvgIpc) is 2.91. The standard InChI is InChI=1S/C17H13BrClFN4O/c18-15-10-24(9-11-1-5-13(20)6-2-11)23-16(15)22-17(25)21-14-7-3-12(19)4-8-14/h1-8,10H,9H2,(H2,21,22,23,25). The lowest BCUT2D eigenvalue weighted by molar-refractivity contribution is 0.262. The first-order valence-corrected chi connectivity index (χ1v) is 8.48. The Bertz CT molecular complexity index is 881. The molecule has 1 aromatic heterocycles. The van der Waals surface area contributed by atoms with Crippen LogP contribution in [-0.2, 0) is 6.54 Å². The van der Waals surface area contributed by atoms with Gasteiger partial charge < -0.3 is 5.32 Å². The molecule has 128 valence electrons. The van der Waals surface area contributed by atoms with Gasteiger partial charge in [-0.15, -0.1) is 0 Å². The molecule has 0 saturated heterocycles. The van der Waals surface area contributed by atoms with Crippen LogP contribution in [0.4, 0.5) is 20.7 Å². The molecule has 2 N–H and O–H groups in total. The molecule has 0 aliphatic rings. The van der Waals surface area contributed by atoms with Crippen molar-refractivity contribution in [3.63, 3.8) is 0 Å². The summed E-state index contributed by atoms with van der Waals surface area (Å²) in [6.07, 6.45) is 1.74. The molecule has 2 aromatic carbocycles. The van der Waals surface area contributed by atoms with E-state index in [0.29, 0.717) is 27.5 Å². The molecule has 0 radical (unpaired) electrons. The molecule has 0 saturated carbocycles. The number of urea groups is 1. The minimum Gasteiger partial charge on any atom is -0.308 e. The summed E-state index contributed by atoms with van der Waals surface area (Å²) in [7, 11) is 0. The van der Waals surface area contributed by atoms with E-state index >= 15 is 0 Å². The SMILES string of the molecule is O=C(Nc1ccc(Cl)cc1)Nc1nn(Cc2ccc(F)cc2)cc1Br. The first-order valence-electron chi connectivity index (χ1n) is 7.30. The van der Waals surface area contributed by atoms with Crippen LogP contribution >= 0.6 is 27.5 Å². The molecular formula is C17H13BrClFN4O. The molecule has 3 aromatic rings. The molecule has 8 heteroatoms. The maximum atomic E-state index is 12.9. The predicted molar refractivity (Wildman–Crippen MR) is 99.5 cm³/mol. The first kappa shape index (κ1) is 17.4. The van der Waals surface area contributed by atoms with E-state index in [2.05, 4.69) is 31.7 Å². The number of anilines is 2. The molecule has 0 aliphatic heterocycles. The van der Waals surface area contributed by atoms with Crippen molar-refractivity contribution in [2.24, 2.45) is 0 Å². The van der Waals surface area contributed by atoms with E-state index in [1.165, 1.54) is 12.1 Å². The number of carbonyl (C=O) groups excluding carboxylic acids is 1. The minimum absolute atomic E-state index is 0.286. The van der Waals surface area contributed by atoms with Crippen molar-refractivity contribution in [2.45, 2.75) is 6.54 Å². The summed E-state index contributed by atoms with van der Waals surface area (Å²) >= 11 is 9.17. The van der Waals surface area contributed by atoms with E-state index in [4.69, 9.17) is 11.6 Å². The second-order valence-electron chi connectivity index (χ2n) is 5.24. The predicted octanol–water partition coefficient (Wildman–Crippen LogP) is 5.13. The van der Waals surface area contributed by atoms with Gasteiger partial charge in [0, 0.05) is 16.9 Å². The molecule has 1 heterocycles. The Kier molecular flexibility index (Phi) is 5.35. The van der Waals surface area contributed by atoms with Crippen molar-refractivity contribution >= 4 is 45.1 Å². The van der Waals surface area contributed by atoms with Crippen LogP contribution < -0.4 is 10.6 Å². The number of benzene rings is 2. The van der Waals surface area contributed by atoms with E-state index in [9.17, 15) is 9.18 Å². The average molecular weight is 424 g/mol. The van der Waals surface area contributed by atoms with Gasteiger partial charge in [0.2, 0.25) is 0 Å². The molecule has 0 bridgehead atoms. The summed E-state index contributed by atoms with van der Waals surface area (Å²) in [4.78, 5) is 12.1. The minimum atomic E-state index is -0.421. The Hall–Kier alpha value is -2.38. The molecule has 0 aliphatic carbocycles. The summed E-state index contributed by atoms with van der Waals surface area (Å²) in [5.74, 6) is 0.0974. The fraction of sp³-hybridized carbons (Fsp3) is 0.0588. The third-order valence-electron chi connectivity index (χ3n) is 3.31. The highest BCUT2D eigenvalue weighted by atomic mass is 79.9. The number of hydrogen-bond acceptors (Lipinski definition) is 2. The Balaban J connectivity index is 1.64. The second-order valence-corrected chi connectivity index (χ2v) is 6.53. The van der Waals surface area contributed by atoms with Crippen LogP contribution in [0.1, 0.15) is 5.56 Å². The number of halogens is 3. The number of nitrogens with one attached hydrogen (secondary N) is 2. The Morgan fingerprint density at radius 1 is 1.12 bits per heavy atom. The number of rotatable bonds is 4. The molecule has 3 rings (SSSR count). The van der Waals surface area contributed by atoms with Crippen molar-refractivity contribution in [1.29, 1.82) is 0 Å². The van der Waals surface area contributed by atoms with Crippen LogP contribution in [0.5, 0.6) is 0 Å². The van der Waals surface area contributed by atoms with Crippen LogP contribution in [-0.4, -0.2) is 15.8 Å². The maximum Gasteiger partial charge on any atom is 0.324 e. The zero-order valence-corrected chi connectivity index (χ0v) is 15.2. The van der Waals surface area contributed by atoms with E-state index in [1.807, 2.05) is 0 Å². The van der Waals surface area contributed by atoms with Gasteiger partial charge in [-0.25, -0.2) is 9.18 Å². The smallest absolute Gasteiger partial charge is 0.308 e. The number of aromatic nitrogens is 2. The summed E-state index contributed by atoms with van der Waals surface area (Å²) in [5, 5.41) is 10.3. The van der Waals surface area contributed by atoms with Crippen LogP contribution in [0.3, 0.4) is 0 Å². The molecule has 0 spiro atoms. The number of amides is 2. The molecule has 2 amide bonds. The van der Waals surface area contributed by atoms with Gasteiger partial charge in [-0.1, -0.05) is 23.7 Å². The second kappa shape index (κ2) is 7.67. The third-order valence-corrected chi connectivity index (χ3v) is 4.14. The lowest BCUT2D eigenvalue weighted by Crippen LogP contribution is -2.20. The van der Waals surface area contributed by atoms with Crippen molar-refractivity contribution in [1.82, 2.24) is 9.78 Å². The van der Waals surface area contributed by atoms with Crippen LogP contribution in [0.15, 0.2) is 59.2 Å². The van der Waals surface area contributed by atoms with Gasteiger partial charge in [0.25, 0.3) is 0 Å². The van der Waals surface area contributed by atoms with Gasteiger partial charge in [-0.05, 0) is 57.9 Å². The van der Waals surface area contributed by atoms with E-state index in [0.717, 1.165) is 5.56 Å². The van der Waals surface area contributed by atoms with Gasteiger partial charge in [-0.3, -0.25) is 10.00 Å².